The van der Waals surface area contributed by atoms with Crippen LogP contribution in [0.5, 0.6) is 17.2 Å². The average molecular weight is 1170 g/mol. The van der Waals surface area contributed by atoms with Crippen molar-refractivity contribution in [3.05, 3.63) is 101 Å². The number of rotatable bonds is 8. The Morgan fingerprint density at radius 2 is 1.43 bits per heavy atom. The first kappa shape index (κ1) is 65.3. The molecular formula is C62H81FN6O15. The van der Waals surface area contributed by atoms with Crippen molar-refractivity contribution in [1.82, 2.24) is 29.8 Å². The number of Topliss-reactive ketones (excluding diaryl/α,β-unsaturated/α-hetero) is 1. The van der Waals surface area contributed by atoms with E-state index in [2.05, 4.69) is 5.32 Å². The smallest absolute Gasteiger partial charge is 0.330 e. The van der Waals surface area contributed by atoms with Crippen LogP contribution in [-0.4, -0.2) is 182 Å². The van der Waals surface area contributed by atoms with Gasteiger partial charge in [0.2, 0.25) is 29.4 Å². The maximum Gasteiger partial charge on any atom is 0.330 e. The third-order valence-corrected chi connectivity index (χ3v) is 15.4. The van der Waals surface area contributed by atoms with E-state index in [1.807, 2.05) is 0 Å². The first-order valence-corrected chi connectivity index (χ1v) is 28.4. The van der Waals surface area contributed by atoms with Gasteiger partial charge in [-0.1, -0.05) is 48.5 Å². The van der Waals surface area contributed by atoms with E-state index in [-0.39, 0.29) is 69.1 Å². The molecule has 3 aliphatic heterocycles. The fourth-order valence-corrected chi connectivity index (χ4v) is 10.0. The lowest BCUT2D eigenvalue weighted by Gasteiger charge is -2.37. The van der Waals surface area contributed by atoms with E-state index >= 15 is 4.39 Å². The van der Waals surface area contributed by atoms with Crippen LogP contribution < -0.4 is 19.5 Å². The van der Waals surface area contributed by atoms with Gasteiger partial charge in [0.1, 0.15) is 42.9 Å². The number of fused-ring (bicyclic) bond motifs is 4. The molecule has 0 aromatic heterocycles. The number of ether oxygens (including phenoxy) is 6. The topological polar surface area (TPSA) is 237 Å². The van der Waals surface area contributed by atoms with Crippen LogP contribution in [0.1, 0.15) is 115 Å². The normalized spacial score (nSPS) is 23.7. The Hall–Kier alpha value is -7.88. The Morgan fingerprint density at radius 3 is 2.12 bits per heavy atom. The van der Waals surface area contributed by atoms with Gasteiger partial charge >= 0.3 is 11.9 Å². The molecule has 1 N–H and O–H groups in total. The van der Waals surface area contributed by atoms with Crippen molar-refractivity contribution in [2.45, 2.75) is 135 Å². The third-order valence-electron chi connectivity index (χ3n) is 15.4. The molecule has 2 bridgehead atoms. The lowest BCUT2D eigenvalue weighted by molar-refractivity contribution is -0.165. The summed E-state index contributed by atoms with van der Waals surface area (Å²) < 4.78 is 50.3. The Kier molecular flexibility index (Phi) is 22.6. The van der Waals surface area contributed by atoms with Crippen LogP contribution in [0.3, 0.4) is 0 Å². The first-order valence-electron chi connectivity index (χ1n) is 28.4. The molecule has 0 saturated carbocycles. The molecule has 84 heavy (non-hydrogen) atoms. The Bertz CT molecular complexity index is 2910. The van der Waals surface area contributed by atoms with Gasteiger partial charge < -0.3 is 58.2 Å². The highest BCUT2D eigenvalue weighted by atomic mass is 19.1. The van der Waals surface area contributed by atoms with Crippen molar-refractivity contribution in [3.63, 3.8) is 0 Å². The van der Waals surface area contributed by atoms with E-state index in [0.717, 1.165) is 22.6 Å². The summed E-state index contributed by atoms with van der Waals surface area (Å²) in [6, 6.07) is 11.4. The molecule has 3 aromatic carbocycles. The standard InChI is InChI=1S/C62H81FN6O15/c1-39-55(73)64-53(41-20-13-12-14-21-41)58(76)67(9)46(36-83-61(2,3)4)57(75)68-33-19-23-44(68)56(74)65(7)31-17-16-24-52(71)82-38-62(5,6)54(72)59(77)69-32-18-15-22-45(69)60(78)84-47(29-25-40-26-30-48(79-10)50(34-40)80-11)42-27-28-43(63)49(35-42)81-37-51(70)66(39)8/h12-14,16,20-21,24,26-28,30,34-35,39,44-47,53H,15,17-19,22-23,25,29,31-33,36-38H2,1-11H3,(H,64,73)/t39-,44-,45-,46-,47+,53?/m0/s1. The van der Waals surface area contributed by atoms with Crippen LogP contribution in [0.25, 0.3) is 0 Å². The molecular weight excluding hydrogens is 1090 g/mol. The molecule has 22 heteroatoms. The summed E-state index contributed by atoms with van der Waals surface area (Å²) in [5.74, 6) is -6.95. The highest BCUT2D eigenvalue weighted by Crippen LogP contribution is 2.34. The molecule has 6 amide bonds. The minimum absolute atomic E-state index is 0.0541. The van der Waals surface area contributed by atoms with Crippen molar-refractivity contribution in [1.29, 1.82) is 0 Å². The maximum atomic E-state index is 15.8. The molecule has 2 saturated heterocycles. The number of aryl methyl sites for hydroxylation is 1. The number of hydrogen-bond donors (Lipinski definition) is 1. The highest BCUT2D eigenvalue weighted by Gasteiger charge is 2.45. The van der Waals surface area contributed by atoms with E-state index in [1.54, 1.807) is 76.3 Å². The summed E-state index contributed by atoms with van der Waals surface area (Å²) in [5.41, 5.74) is -0.898. The van der Waals surface area contributed by atoms with Gasteiger partial charge in [0, 0.05) is 46.9 Å². The highest BCUT2D eigenvalue weighted by molar-refractivity contribution is 6.38. The molecule has 0 aliphatic carbocycles. The number of esters is 2. The van der Waals surface area contributed by atoms with Crippen molar-refractivity contribution < 1.29 is 76.0 Å². The van der Waals surface area contributed by atoms with Gasteiger partial charge in [0.15, 0.2) is 29.7 Å². The molecule has 3 aliphatic rings. The number of hydrogen-bond acceptors (Lipinski definition) is 15. The Morgan fingerprint density at radius 1 is 0.738 bits per heavy atom. The van der Waals surface area contributed by atoms with Crippen LogP contribution in [0, 0.1) is 11.2 Å². The third kappa shape index (κ3) is 16.7. The maximum absolute atomic E-state index is 15.8. The van der Waals surface area contributed by atoms with E-state index in [4.69, 9.17) is 28.4 Å². The number of methoxy groups -OCH3 is 2. The number of cyclic esters (lactones) is 2. The van der Waals surface area contributed by atoms with Gasteiger partial charge in [-0.25, -0.2) is 14.0 Å². The summed E-state index contributed by atoms with van der Waals surface area (Å²) in [6.45, 7) is 8.60. The number of nitrogens with one attached hydrogen (secondary N) is 1. The quantitative estimate of drug-likeness (QED) is 0.210. The molecule has 3 aromatic rings. The fraction of sp³-hybridized carbons (Fsp3) is 0.532. The molecule has 21 nitrogen and oxygen atoms in total. The van der Waals surface area contributed by atoms with Gasteiger partial charge in [0.25, 0.3) is 11.8 Å². The van der Waals surface area contributed by atoms with Gasteiger partial charge in [-0.3, -0.25) is 33.6 Å². The molecule has 6 atom stereocenters. The zero-order valence-corrected chi connectivity index (χ0v) is 50.1. The summed E-state index contributed by atoms with van der Waals surface area (Å²) >= 11 is 0. The lowest BCUT2D eigenvalue weighted by atomic mass is 9.87. The van der Waals surface area contributed by atoms with Crippen molar-refractivity contribution >= 4 is 53.2 Å². The summed E-state index contributed by atoms with van der Waals surface area (Å²) in [6.07, 6.45) is 4.16. The van der Waals surface area contributed by atoms with Crippen LogP contribution in [0.2, 0.25) is 0 Å². The van der Waals surface area contributed by atoms with E-state index in [1.165, 1.54) is 86.9 Å². The summed E-state index contributed by atoms with van der Waals surface area (Å²) in [7, 11) is 7.32. The summed E-state index contributed by atoms with van der Waals surface area (Å²) in [5, 5.41) is 2.78. The number of piperidine rings is 1. The number of likely N-dealkylation sites (N-methyl/N-ethyl adjacent to an activating group) is 3. The number of ketones is 1. The van der Waals surface area contributed by atoms with Crippen LogP contribution in [0.15, 0.2) is 78.9 Å². The largest absolute Gasteiger partial charge is 0.493 e. The Labute approximate surface area is 491 Å². The molecule has 3 heterocycles. The number of halogens is 1. The number of benzene rings is 3. The van der Waals surface area contributed by atoms with Crippen molar-refractivity contribution in [3.8, 4) is 17.2 Å². The van der Waals surface area contributed by atoms with E-state index in [0.29, 0.717) is 42.7 Å². The molecule has 1 unspecified atom stereocenters. The fourth-order valence-electron chi connectivity index (χ4n) is 10.0. The predicted molar refractivity (Wildman–Crippen MR) is 306 cm³/mol. The molecule has 456 valence electrons. The van der Waals surface area contributed by atoms with Crippen molar-refractivity contribution in [2.75, 3.05) is 74.8 Å². The second kappa shape index (κ2) is 29.1. The zero-order chi connectivity index (χ0) is 61.6. The van der Waals surface area contributed by atoms with Crippen molar-refractivity contribution in [2.24, 2.45) is 5.41 Å². The summed E-state index contributed by atoms with van der Waals surface area (Å²) in [4.78, 5) is 134. The molecule has 6 rings (SSSR count). The monoisotopic (exact) mass is 1170 g/mol. The number of carbonyl (C=O) groups excluding carboxylic acids is 9. The van der Waals surface area contributed by atoms with Crippen LogP contribution in [-0.2, 0) is 63.8 Å². The van der Waals surface area contributed by atoms with Crippen LogP contribution in [0.4, 0.5) is 4.39 Å². The minimum Gasteiger partial charge on any atom is -0.493 e. The van der Waals surface area contributed by atoms with Gasteiger partial charge in [-0.2, -0.15) is 0 Å². The molecule has 2 fully saturated rings. The van der Waals surface area contributed by atoms with Gasteiger partial charge in [0.05, 0.1) is 31.8 Å². The lowest BCUT2D eigenvalue weighted by Crippen LogP contribution is -2.58. The second-order valence-electron chi connectivity index (χ2n) is 23.0. The number of nitrogens with zero attached hydrogens (tertiary/aromatic N) is 5. The SMILES string of the molecule is COc1ccc(CC[C@H]2OC(=O)[C@@H]3CCCCN3C(=O)C(=O)C(C)(C)COC(=O)C=CCCN(C)C(=O)[C@@H]3CCCN3C(=O)[C@H](COC(C)(C)C)N(C)C(=O)C(c3ccccc3)NC(=O)[C@H](C)N(C)C(=O)COc3cc2ccc3F)cc1OC. The number of amides is 6. The average Bonchev–Trinajstić information content (AvgIpc) is 4.00. The van der Waals surface area contributed by atoms with Crippen LogP contribution >= 0.6 is 0 Å². The van der Waals surface area contributed by atoms with Gasteiger partial charge in [-0.05, 0) is 134 Å². The number of carbonyl (C=O) groups is 9. The second-order valence-corrected chi connectivity index (χ2v) is 23.0. The Balaban J connectivity index is 1.34. The predicted octanol–water partition coefficient (Wildman–Crippen LogP) is 5.71. The first-order chi connectivity index (χ1) is 39.8. The zero-order valence-electron chi connectivity index (χ0n) is 50.1. The van der Waals surface area contributed by atoms with Gasteiger partial charge in [-0.15, -0.1) is 0 Å². The minimum atomic E-state index is -1.53. The van der Waals surface area contributed by atoms with E-state index < -0.39 is 114 Å². The van der Waals surface area contributed by atoms with E-state index in [9.17, 15) is 43.2 Å². The molecule has 0 radical (unpaired) electrons. The molecule has 0 spiro atoms.